The maximum Gasteiger partial charge on any atom is 0.262 e. The smallest absolute Gasteiger partial charge is 0.262 e. The predicted octanol–water partition coefficient (Wildman–Crippen LogP) is 3.99. The lowest BCUT2D eigenvalue weighted by molar-refractivity contribution is 0.0389. The summed E-state index contributed by atoms with van der Waals surface area (Å²) >= 11 is 5.92. The molecule has 3 aromatic rings. The number of benzene rings is 3. The van der Waals surface area contributed by atoms with E-state index in [0.29, 0.717) is 5.02 Å². The van der Waals surface area contributed by atoms with Crippen molar-refractivity contribution in [2.24, 2.45) is 5.92 Å². The number of sulfonamides is 2. The van der Waals surface area contributed by atoms with Crippen molar-refractivity contribution in [2.75, 3.05) is 31.5 Å². The first-order valence-corrected chi connectivity index (χ1v) is 16.6. The van der Waals surface area contributed by atoms with E-state index in [1.807, 2.05) is 13.8 Å². The molecule has 0 fully saturated rings. The summed E-state index contributed by atoms with van der Waals surface area (Å²) in [5, 5.41) is 10.3. The zero-order chi connectivity index (χ0) is 30.8. The molecule has 3 atom stereocenters. The van der Waals surface area contributed by atoms with E-state index in [1.54, 1.807) is 19.1 Å². The maximum atomic E-state index is 13.7. The van der Waals surface area contributed by atoms with Crippen molar-refractivity contribution in [2.45, 2.75) is 42.7 Å². The van der Waals surface area contributed by atoms with Gasteiger partial charge in [0.25, 0.3) is 15.9 Å². The van der Waals surface area contributed by atoms with Crippen molar-refractivity contribution in [3.05, 3.63) is 82.9 Å². The van der Waals surface area contributed by atoms with Crippen LogP contribution in [0.2, 0.25) is 5.02 Å². The van der Waals surface area contributed by atoms with Gasteiger partial charge < -0.3 is 14.7 Å². The molecule has 0 saturated carbocycles. The number of hydrogen-bond acceptors (Lipinski definition) is 7. The van der Waals surface area contributed by atoms with Gasteiger partial charge in [0.15, 0.2) is 5.75 Å². The summed E-state index contributed by atoms with van der Waals surface area (Å²) in [7, 11) is -6.56. The molecule has 4 rings (SSSR count). The fraction of sp³-hybridized carbons (Fsp3) is 0.345. The average molecular weight is 636 g/mol. The maximum absolute atomic E-state index is 13.7. The van der Waals surface area contributed by atoms with Crippen LogP contribution in [0.15, 0.2) is 76.5 Å². The first-order valence-electron chi connectivity index (χ1n) is 13.3. The van der Waals surface area contributed by atoms with Gasteiger partial charge in [0.05, 0.1) is 40.2 Å². The molecule has 0 unspecified atom stereocenters. The average Bonchev–Trinajstić information content (AvgIpc) is 2.95. The molecule has 0 saturated heterocycles. The summed E-state index contributed by atoms with van der Waals surface area (Å²) in [5.74, 6) is -0.898. The molecule has 1 aliphatic rings. The molecule has 226 valence electrons. The molecule has 10 nitrogen and oxygen atoms in total. The Morgan fingerprint density at radius 1 is 1.05 bits per heavy atom. The second-order valence-electron chi connectivity index (χ2n) is 10.5. The SMILES string of the molecule is Cc1ccc(S(=O)(=O)N(C)C[C@H]2Oc3c(NS(=O)(=O)c4ccc(Cl)cc4)cccc3C(=O)N([C@@H](C)CO)C[C@@H]2C)cc1. The van der Waals surface area contributed by atoms with Crippen LogP contribution in [0.4, 0.5) is 5.69 Å². The van der Waals surface area contributed by atoms with E-state index < -0.39 is 44.0 Å². The van der Waals surface area contributed by atoms with Crippen molar-refractivity contribution in [3.63, 3.8) is 0 Å². The standard InChI is InChI=1S/C29H34ClN3O7S2/c1-19-8-12-24(13-9-19)42(38,39)32(4)17-27-20(2)16-33(21(3)18-34)29(35)25-6-5-7-26(28(25)40-27)31-41(36,37)23-14-10-22(30)11-15-23/h5-15,20-21,27,31,34H,16-18H2,1-4H3/t20-,21-,27+/m0/s1. The number of amides is 1. The zero-order valence-electron chi connectivity index (χ0n) is 23.7. The number of carbonyl (C=O) groups excluding carboxylic acids is 1. The number of nitrogens with zero attached hydrogens (tertiary/aromatic N) is 2. The number of ether oxygens (including phenoxy) is 1. The number of anilines is 1. The highest BCUT2D eigenvalue weighted by molar-refractivity contribution is 7.92. The monoisotopic (exact) mass is 635 g/mol. The Hall–Kier alpha value is -3.16. The van der Waals surface area contributed by atoms with Crippen LogP contribution < -0.4 is 9.46 Å². The Morgan fingerprint density at radius 2 is 1.67 bits per heavy atom. The minimum atomic E-state index is -4.11. The number of likely N-dealkylation sites (N-methyl/N-ethyl adjacent to an activating group) is 1. The van der Waals surface area contributed by atoms with Gasteiger partial charge in [-0.2, -0.15) is 4.31 Å². The second-order valence-corrected chi connectivity index (χ2v) is 14.6. The highest BCUT2D eigenvalue weighted by Gasteiger charge is 2.36. The third kappa shape index (κ3) is 6.73. The van der Waals surface area contributed by atoms with Crippen molar-refractivity contribution in [3.8, 4) is 5.75 Å². The van der Waals surface area contributed by atoms with Crippen molar-refractivity contribution >= 4 is 43.2 Å². The summed E-state index contributed by atoms with van der Waals surface area (Å²) in [6.07, 6.45) is -0.795. The molecule has 1 aliphatic heterocycles. The summed E-state index contributed by atoms with van der Waals surface area (Å²) in [6.45, 7) is 5.15. The molecule has 0 bridgehead atoms. The Kier molecular flexibility index (Phi) is 9.53. The van der Waals surface area contributed by atoms with E-state index in [1.165, 1.54) is 70.9 Å². The van der Waals surface area contributed by atoms with Gasteiger partial charge >= 0.3 is 0 Å². The number of rotatable bonds is 9. The summed E-state index contributed by atoms with van der Waals surface area (Å²) in [4.78, 5) is 15.3. The van der Waals surface area contributed by atoms with Gasteiger partial charge in [-0.1, -0.05) is 42.3 Å². The first kappa shape index (κ1) is 31.8. The highest BCUT2D eigenvalue weighted by atomic mass is 35.5. The van der Waals surface area contributed by atoms with Crippen LogP contribution in [-0.4, -0.2) is 75.9 Å². The lowest BCUT2D eigenvalue weighted by Gasteiger charge is -2.38. The molecule has 2 N–H and O–H groups in total. The molecule has 0 spiro atoms. The summed E-state index contributed by atoms with van der Waals surface area (Å²) < 4.78 is 63.4. The van der Waals surface area contributed by atoms with E-state index in [-0.39, 0.29) is 46.5 Å². The molecular formula is C29H34ClN3O7S2. The third-order valence-corrected chi connectivity index (χ3v) is 10.7. The van der Waals surface area contributed by atoms with Crippen LogP contribution in [0.25, 0.3) is 0 Å². The van der Waals surface area contributed by atoms with Crippen LogP contribution in [0.5, 0.6) is 5.75 Å². The number of fused-ring (bicyclic) bond motifs is 1. The minimum absolute atomic E-state index is 0.00977. The molecule has 1 amide bonds. The fourth-order valence-corrected chi connectivity index (χ4v) is 6.97. The summed E-state index contributed by atoms with van der Waals surface area (Å²) in [6, 6.07) is 16.0. The van der Waals surface area contributed by atoms with E-state index >= 15 is 0 Å². The molecular weight excluding hydrogens is 602 g/mol. The number of hydrogen-bond donors (Lipinski definition) is 2. The van der Waals surface area contributed by atoms with Crippen LogP contribution in [0, 0.1) is 12.8 Å². The van der Waals surface area contributed by atoms with E-state index in [9.17, 15) is 26.7 Å². The number of aliphatic hydroxyl groups is 1. The Bertz CT molecular complexity index is 1650. The lowest BCUT2D eigenvalue weighted by Crippen LogP contribution is -2.50. The van der Waals surface area contributed by atoms with Gasteiger partial charge in [-0.25, -0.2) is 16.8 Å². The van der Waals surface area contributed by atoms with Gasteiger partial charge in [-0.05, 0) is 62.4 Å². The van der Waals surface area contributed by atoms with Crippen molar-refractivity contribution in [1.82, 2.24) is 9.21 Å². The van der Waals surface area contributed by atoms with Gasteiger partial charge in [0.2, 0.25) is 10.0 Å². The molecule has 1 heterocycles. The van der Waals surface area contributed by atoms with Crippen molar-refractivity contribution < 1.29 is 31.5 Å². The van der Waals surface area contributed by atoms with Crippen LogP contribution in [0.3, 0.4) is 0 Å². The van der Waals surface area contributed by atoms with Gasteiger partial charge in [-0.3, -0.25) is 9.52 Å². The Morgan fingerprint density at radius 3 is 2.29 bits per heavy atom. The highest BCUT2D eigenvalue weighted by Crippen LogP contribution is 2.36. The lowest BCUT2D eigenvalue weighted by atomic mass is 9.99. The molecule has 0 aliphatic carbocycles. The number of carbonyl (C=O) groups is 1. The van der Waals surface area contributed by atoms with E-state index in [0.717, 1.165) is 5.56 Å². The van der Waals surface area contributed by atoms with E-state index in [2.05, 4.69) is 4.72 Å². The molecule has 0 aromatic heterocycles. The van der Waals surface area contributed by atoms with Gasteiger partial charge in [0, 0.05) is 24.5 Å². The second kappa shape index (κ2) is 12.6. The quantitative estimate of drug-likeness (QED) is 0.363. The number of aryl methyl sites for hydroxylation is 1. The Labute approximate surface area is 252 Å². The van der Waals surface area contributed by atoms with Gasteiger partial charge in [0.1, 0.15) is 6.10 Å². The molecule has 0 radical (unpaired) electrons. The number of aliphatic hydroxyl groups excluding tert-OH is 1. The minimum Gasteiger partial charge on any atom is -0.486 e. The first-order chi connectivity index (χ1) is 19.7. The van der Waals surface area contributed by atoms with Crippen molar-refractivity contribution in [1.29, 1.82) is 0 Å². The van der Waals surface area contributed by atoms with Crippen LogP contribution >= 0.6 is 11.6 Å². The largest absolute Gasteiger partial charge is 0.486 e. The molecule has 42 heavy (non-hydrogen) atoms. The molecule has 13 heteroatoms. The van der Waals surface area contributed by atoms with Crippen LogP contribution in [0.1, 0.15) is 29.8 Å². The Balaban J connectivity index is 1.76. The fourth-order valence-electron chi connectivity index (χ4n) is 4.60. The van der Waals surface area contributed by atoms with Crippen LogP contribution in [-0.2, 0) is 20.0 Å². The molecule has 3 aromatic carbocycles. The number of halogens is 1. The number of para-hydroxylation sites is 1. The van der Waals surface area contributed by atoms with E-state index in [4.69, 9.17) is 16.3 Å². The summed E-state index contributed by atoms with van der Waals surface area (Å²) in [5.41, 5.74) is 1.00. The third-order valence-electron chi connectivity index (χ3n) is 7.23. The van der Waals surface area contributed by atoms with Gasteiger partial charge in [-0.15, -0.1) is 0 Å². The zero-order valence-corrected chi connectivity index (χ0v) is 26.1. The number of nitrogens with one attached hydrogen (secondary N) is 1. The normalized spacial score (nSPS) is 18.5. The topological polar surface area (TPSA) is 133 Å². The predicted molar refractivity (Wildman–Crippen MR) is 161 cm³/mol.